The summed E-state index contributed by atoms with van der Waals surface area (Å²) in [6.07, 6.45) is 4.18. The fraction of sp³-hybridized carbons (Fsp3) is 0.333. The molecule has 0 radical (unpaired) electrons. The Balaban J connectivity index is 2.41. The molecule has 1 aliphatic carbocycles. The van der Waals surface area contributed by atoms with Crippen LogP contribution < -0.4 is 0 Å². The molecule has 1 aromatic rings. The van der Waals surface area contributed by atoms with Gasteiger partial charge in [-0.15, -0.1) is 11.6 Å². The van der Waals surface area contributed by atoms with Crippen molar-refractivity contribution in [1.82, 2.24) is 0 Å². The largest absolute Gasteiger partial charge is 0.118 e. The first-order valence-corrected chi connectivity index (χ1v) is 5.59. The molecule has 0 aliphatic heterocycles. The van der Waals surface area contributed by atoms with Crippen molar-refractivity contribution in [1.29, 1.82) is 0 Å². The van der Waals surface area contributed by atoms with Crippen molar-refractivity contribution in [3.8, 4) is 0 Å². The van der Waals surface area contributed by atoms with E-state index >= 15 is 0 Å². The summed E-state index contributed by atoms with van der Waals surface area (Å²) < 4.78 is 0. The first kappa shape index (κ1) is 10.1. The Kier molecular flexibility index (Phi) is 2.85. The SMILES string of the molecule is Cc1ccc(Cl)c(C2=CC(Cl)CC2)c1. The maximum Gasteiger partial charge on any atom is 0.0525 e. The Labute approximate surface area is 94.5 Å². The zero-order chi connectivity index (χ0) is 10.1. The van der Waals surface area contributed by atoms with Crippen LogP contribution in [-0.2, 0) is 0 Å². The summed E-state index contributed by atoms with van der Waals surface area (Å²) in [7, 11) is 0. The van der Waals surface area contributed by atoms with Crippen molar-refractivity contribution in [2.45, 2.75) is 25.1 Å². The molecule has 74 valence electrons. The smallest absolute Gasteiger partial charge is 0.0525 e. The van der Waals surface area contributed by atoms with Crippen LogP contribution in [0.1, 0.15) is 24.0 Å². The molecule has 0 saturated heterocycles. The average Bonchev–Trinajstić information content (AvgIpc) is 2.56. The Hall–Kier alpha value is -0.460. The lowest BCUT2D eigenvalue weighted by Gasteiger charge is -2.05. The van der Waals surface area contributed by atoms with Crippen LogP contribution in [0.15, 0.2) is 24.3 Å². The predicted octanol–water partition coefficient (Wildman–Crippen LogP) is 4.43. The van der Waals surface area contributed by atoms with Gasteiger partial charge < -0.3 is 0 Å². The van der Waals surface area contributed by atoms with E-state index in [1.807, 2.05) is 12.1 Å². The number of aryl methyl sites for hydroxylation is 1. The monoisotopic (exact) mass is 226 g/mol. The highest BCUT2D eigenvalue weighted by Crippen LogP contribution is 2.34. The lowest BCUT2D eigenvalue weighted by atomic mass is 10.0. The second kappa shape index (κ2) is 3.96. The minimum absolute atomic E-state index is 0.182. The Morgan fingerprint density at radius 1 is 1.36 bits per heavy atom. The third kappa shape index (κ3) is 1.97. The van der Waals surface area contributed by atoms with Gasteiger partial charge in [-0.1, -0.05) is 35.4 Å². The lowest BCUT2D eigenvalue weighted by molar-refractivity contribution is 0.942. The molecule has 0 N–H and O–H groups in total. The van der Waals surface area contributed by atoms with Crippen molar-refractivity contribution in [3.05, 3.63) is 40.4 Å². The molecule has 0 nitrogen and oxygen atoms in total. The minimum atomic E-state index is 0.182. The van der Waals surface area contributed by atoms with Gasteiger partial charge >= 0.3 is 0 Å². The maximum atomic E-state index is 6.14. The number of allylic oxidation sites excluding steroid dienone is 2. The van der Waals surface area contributed by atoms with Crippen LogP contribution in [0.2, 0.25) is 5.02 Å². The van der Waals surface area contributed by atoms with E-state index in [0.29, 0.717) is 0 Å². The minimum Gasteiger partial charge on any atom is -0.118 e. The molecule has 0 amide bonds. The van der Waals surface area contributed by atoms with E-state index in [1.54, 1.807) is 0 Å². The Morgan fingerprint density at radius 3 is 2.79 bits per heavy atom. The molecule has 0 aromatic heterocycles. The van der Waals surface area contributed by atoms with Gasteiger partial charge in [-0.25, -0.2) is 0 Å². The van der Waals surface area contributed by atoms with E-state index in [1.165, 1.54) is 11.1 Å². The number of alkyl halides is 1. The summed E-state index contributed by atoms with van der Waals surface area (Å²) in [6, 6.07) is 6.11. The highest BCUT2D eigenvalue weighted by Gasteiger charge is 2.16. The number of rotatable bonds is 1. The second-order valence-electron chi connectivity index (χ2n) is 3.73. The van der Waals surface area contributed by atoms with E-state index in [-0.39, 0.29) is 5.38 Å². The molecule has 2 heteroatoms. The molecule has 1 aliphatic rings. The summed E-state index contributed by atoms with van der Waals surface area (Å²) in [4.78, 5) is 0. The van der Waals surface area contributed by atoms with Crippen LogP contribution in [-0.4, -0.2) is 5.38 Å². The van der Waals surface area contributed by atoms with Crippen LogP contribution in [0.5, 0.6) is 0 Å². The fourth-order valence-corrected chi connectivity index (χ4v) is 2.29. The molecule has 0 spiro atoms. The van der Waals surface area contributed by atoms with Crippen molar-refractivity contribution in [2.75, 3.05) is 0 Å². The normalized spacial score (nSPS) is 21.1. The molecule has 1 aromatic carbocycles. The molecule has 0 saturated carbocycles. The third-order valence-electron chi connectivity index (χ3n) is 2.54. The topological polar surface area (TPSA) is 0 Å². The standard InChI is InChI=1S/C12H12Cl2/c1-8-2-5-12(14)11(6-8)9-3-4-10(13)7-9/h2,5-7,10H,3-4H2,1H3. The lowest BCUT2D eigenvalue weighted by Crippen LogP contribution is -1.84. The van der Waals surface area contributed by atoms with E-state index < -0.39 is 0 Å². The van der Waals surface area contributed by atoms with Crippen LogP contribution in [0, 0.1) is 6.92 Å². The van der Waals surface area contributed by atoms with Gasteiger partial charge in [0.1, 0.15) is 0 Å². The average molecular weight is 227 g/mol. The van der Waals surface area contributed by atoms with Crippen molar-refractivity contribution in [2.24, 2.45) is 0 Å². The van der Waals surface area contributed by atoms with Crippen molar-refractivity contribution >= 4 is 28.8 Å². The molecule has 2 rings (SSSR count). The van der Waals surface area contributed by atoms with Gasteiger partial charge in [-0.3, -0.25) is 0 Å². The molecule has 14 heavy (non-hydrogen) atoms. The van der Waals surface area contributed by atoms with Crippen LogP contribution >= 0.6 is 23.2 Å². The summed E-state index contributed by atoms with van der Waals surface area (Å²) >= 11 is 12.2. The highest BCUT2D eigenvalue weighted by molar-refractivity contribution is 6.32. The van der Waals surface area contributed by atoms with E-state index in [2.05, 4.69) is 19.1 Å². The number of hydrogen-bond acceptors (Lipinski definition) is 0. The quantitative estimate of drug-likeness (QED) is 0.622. The van der Waals surface area contributed by atoms with Crippen molar-refractivity contribution < 1.29 is 0 Å². The summed E-state index contributed by atoms with van der Waals surface area (Å²) in [6.45, 7) is 2.08. The molecule has 0 fully saturated rings. The van der Waals surface area contributed by atoms with E-state index in [4.69, 9.17) is 23.2 Å². The molecular formula is C12H12Cl2. The zero-order valence-corrected chi connectivity index (χ0v) is 9.57. The fourth-order valence-electron chi connectivity index (χ4n) is 1.79. The molecule has 0 heterocycles. The highest BCUT2D eigenvalue weighted by atomic mass is 35.5. The summed E-state index contributed by atoms with van der Waals surface area (Å²) in [5.41, 5.74) is 3.68. The van der Waals surface area contributed by atoms with Crippen LogP contribution in [0.4, 0.5) is 0 Å². The van der Waals surface area contributed by atoms with Gasteiger partial charge in [0.15, 0.2) is 0 Å². The number of halogens is 2. The van der Waals surface area contributed by atoms with Crippen LogP contribution in [0.25, 0.3) is 5.57 Å². The Morgan fingerprint density at radius 2 is 2.14 bits per heavy atom. The van der Waals surface area contributed by atoms with Gasteiger partial charge in [0.25, 0.3) is 0 Å². The van der Waals surface area contributed by atoms with Crippen LogP contribution in [0.3, 0.4) is 0 Å². The second-order valence-corrected chi connectivity index (χ2v) is 4.70. The molecule has 1 atom stereocenters. The van der Waals surface area contributed by atoms with E-state index in [9.17, 15) is 0 Å². The third-order valence-corrected chi connectivity index (χ3v) is 3.21. The Bertz CT molecular complexity index is 380. The van der Waals surface area contributed by atoms with E-state index in [0.717, 1.165) is 23.4 Å². The van der Waals surface area contributed by atoms with Gasteiger partial charge in [0.05, 0.1) is 5.38 Å². The molecule has 1 unspecified atom stereocenters. The summed E-state index contributed by atoms with van der Waals surface area (Å²) in [5.74, 6) is 0. The predicted molar refractivity (Wildman–Crippen MR) is 63.0 cm³/mol. The van der Waals surface area contributed by atoms with Gasteiger partial charge in [-0.05, 0) is 37.0 Å². The molecular weight excluding hydrogens is 215 g/mol. The first-order valence-electron chi connectivity index (χ1n) is 4.78. The number of hydrogen-bond donors (Lipinski definition) is 0. The van der Waals surface area contributed by atoms with Crippen molar-refractivity contribution in [3.63, 3.8) is 0 Å². The number of benzene rings is 1. The maximum absolute atomic E-state index is 6.14. The molecule has 0 bridgehead atoms. The van der Waals surface area contributed by atoms with Gasteiger partial charge in [0.2, 0.25) is 0 Å². The summed E-state index contributed by atoms with van der Waals surface area (Å²) in [5, 5.41) is 1.01. The van der Waals surface area contributed by atoms with Gasteiger partial charge in [0, 0.05) is 5.02 Å². The van der Waals surface area contributed by atoms with Gasteiger partial charge in [-0.2, -0.15) is 0 Å². The first-order chi connectivity index (χ1) is 6.66. The zero-order valence-electron chi connectivity index (χ0n) is 8.06.